The summed E-state index contributed by atoms with van der Waals surface area (Å²) in [6.45, 7) is 2.37. The number of β-amino-alcohol motifs (C(OH)–C–C–N with tert-alkyl or cyclic N) is 1. The number of carbonyl (C=O) groups excluding carboxylic acids is 2. The number of aliphatic hydroxyl groups excluding tert-OH is 1. The largest absolute Gasteiger partial charge is 0.408 e. The number of amides is 2. The van der Waals surface area contributed by atoms with E-state index in [1.165, 1.54) is 19.9 Å². The summed E-state index contributed by atoms with van der Waals surface area (Å²) in [6, 6.07) is 0.606. The van der Waals surface area contributed by atoms with Gasteiger partial charge < -0.3 is 10.4 Å². The summed E-state index contributed by atoms with van der Waals surface area (Å²) >= 11 is 0. The number of halogens is 5. The lowest BCUT2D eigenvalue weighted by atomic mass is 10.0. The number of fused-ring (bicyclic) bond motifs is 1. The van der Waals surface area contributed by atoms with Crippen molar-refractivity contribution in [3.05, 3.63) is 58.0 Å². The molecule has 0 aliphatic carbocycles. The summed E-state index contributed by atoms with van der Waals surface area (Å²) in [5, 5.41) is 11.3. The normalized spacial score (nSPS) is 17.1. The molecule has 2 atom stereocenters. The standard InChI is InChI=1S/C23H20F5N5O4/c1-10(2)19(23(26,27)28)31-22(37)14-9-33(21-15(25)5-11(24)7-29-21)20-13(18(14)36)3-4-16(30-20)32-8-12(34)6-17(32)35/h3-5,7,9-10,12,19,34H,6,8H2,1-2H3,(H,31,37). The van der Waals surface area contributed by atoms with Crippen LogP contribution >= 0.6 is 0 Å². The van der Waals surface area contributed by atoms with Crippen LogP contribution in [0.1, 0.15) is 30.6 Å². The molecule has 1 aliphatic rings. The number of anilines is 1. The van der Waals surface area contributed by atoms with Crippen LogP contribution in [0.3, 0.4) is 0 Å². The molecule has 0 spiro atoms. The van der Waals surface area contributed by atoms with Crippen LogP contribution in [-0.4, -0.2) is 56.3 Å². The van der Waals surface area contributed by atoms with Crippen LogP contribution in [0.2, 0.25) is 0 Å². The topological polar surface area (TPSA) is 117 Å². The van der Waals surface area contributed by atoms with Gasteiger partial charge in [-0.25, -0.2) is 18.7 Å². The van der Waals surface area contributed by atoms with Crippen LogP contribution < -0.4 is 15.6 Å². The highest BCUT2D eigenvalue weighted by Gasteiger charge is 2.43. The first-order valence-electron chi connectivity index (χ1n) is 11.0. The van der Waals surface area contributed by atoms with Crippen molar-refractivity contribution in [2.45, 2.75) is 38.6 Å². The zero-order valence-electron chi connectivity index (χ0n) is 19.4. The molecule has 0 aromatic carbocycles. The fourth-order valence-corrected chi connectivity index (χ4v) is 4.01. The molecule has 3 aromatic rings. The van der Waals surface area contributed by atoms with Gasteiger partial charge in [-0.05, 0) is 18.1 Å². The predicted molar refractivity (Wildman–Crippen MR) is 120 cm³/mol. The fourth-order valence-electron chi connectivity index (χ4n) is 4.01. The van der Waals surface area contributed by atoms with Gasteiger partial charge in [0.2, 0.25) is 11.3 Å². The Morgan fingerprint density at radius 3 is 2.49 bits per heavy atom. The third-order valence-electron chi connectivity index (χ3n) is 5.78. The lowest BCUT2D eigenvalue weighted by Crippen LogP contribution is -2.49. The van der Waals surface area contributed by atoms with Crippen LogP contribution in [0.4, 0.5) is 27.8 Å². The first-order valence-corrected chi connectivity index (χ1v) is 11.0. The van der Waals surface area contributed by atoms with Gasteiger partial charge in [0.25, 0.3) is 5.91 Å². The minimum atomic E-state index is -4.81. The zero-order valence-corrected chi connectivity index (χ0v) is 19.4. The van der Waals surface area contributed by atoms with Gasteiger partial charge in [-0.3, -0.25) is 23.9 Å². The summed E-state index contributed by atoms with van der Waals surface area (Å²) < 4.78 is 69.3. The third kappa shape index (κ3) is 5.01. The molecule has 196 valence electrons. The number of alkyl halides is 3. The van der Waals surface area contributed by atoms with Crippen LogP contribution in [0.25, 0.3) is 16.9 Å². The molecule has 1 aliphatic heterocycles. The minimum Gasteiger partial charge on any atom is -0.391 e. The van der Waals surface area contributed by atoms with E-state index in [9.17, 15) is 41.4 Å². The van der Waals surface area contributed by atoms with Crippen molar-refractivity contribution in [1.29, 1.82) is 0 Å². The van der Waals surface area contributed by atoms with E-state index in [2.05, 4.69) is 9.97 Å². The first-order chi connectivity index (χ1) is 17.3. The van der Waals surface area contributed by atoms with E-state index in [0.717, 1.165) is 21.7 Å². The summed E-state index contributed by atoms with van der Waals surface area (Å²) in [5.74, 6) is -5.77. The van der Waals surface area contributed by atoms with Crippen LogP contribution in [-0.2, 0) is 4.79 Å². The Morgan fingerprint density at radius 2 is 1.92 bits per heavy atom. The molecular formula is C23H20F5N5O4. The summed E-state index contributed by atoms with van der Waals surface area (Å²) in [5.41, 5.74) is -2.08. The van der Waals surface area contributed by atoms with Gasteiger partial charge in [-0.1, -0.05) is 13.8 Å². The zero-order chi connectivity index (χ0) is 27.2. The number of hydrogen-bond acceptors (Lipinski definition) is 6. The highest BCUT2D eigenvalue weighted by Crippen LogP contribution is 2.27. The van der Waals surface area contributed by atoms with E-state index >= 15 is 0 Å². The highest BCUT2D eigenvalue weighted by molar-refractivity contribution is 5.99. The number of rotatable bonds is 5. The number of nitrogens with zero attached hydrogens (tertiary/aromatic N) is 4. The number of carbonyl (C=O) groups is 2. The molecule has 0 radical (unpaired) electrons. The Hall–Kier alpha value is -3.94. The Labute approximate surface area is 205 Å². The number of aliphatic hydroxyl groups is 1. The number of hydrogen-bond donors (Lipinski definition) is 2. The molecule has 0 bridgehead atoms. The molecule has 9 nitrogen and oxygen atoms in total. The van der Waals surface area contributed by atoms with E-state index in [0.29, 0.717) is 12.3 Å². The predicted octanol–water partition coefficient (Wildman–Crippen LogP) is 2.47. The molecule has 1 saturated heterocycles. The average molecular weight is 525 g/mol. The monoisotopic (exact) mass is 525 g/mol. The van der Waals surface area contributed by atoms with Crippen LogP contribution in [0.15, 0.2) is 35.4 Å². The molecular weight excluding hydrogens is 505 g/mol. The molecule has 2 unspecified atom stereocenters. The van der Waals surface area contributed by atoms with E-state index in [1.807, 2.05) is 0 Å². The van der Waals surface area contributed by atoms with Crippen molar-refractivity contribution in [1.82, 2.24) is 19.9 Å². The third-order valence-corrected chi connectivity index (χ3v) is 5.78. The maximum Gasteiger partial charge on any atom is 0.408 e. The molecule has 4 rings (SSSR count). The van der Waals surface area contributed by atoms with Crippen LogP contribution in [0, 0.1) is 17.6 Å². The van der Waals surface area contributed by atoms with Crippen molar-refractivity contribution >= 4 is 28.7 Å². The summed E-state index contributed by atoms with van der Waals surface area (Å²) in [6.07, 6.45) is -4.53. The Kier molecular flexibility index (Phi) is 6.71. The fraction of sp³-hybridized carbons (Fsp3) is 0.348. The highest BCUT2D eigenvalue weighted by atomic mass is 19.4. The molecule has 2 amide bonds. The maximum absolute atomic E-state index is 14.7. The number of pyridine rings is 3. The maximum atomic E-state index is 14.7. The Balaban J connectivity index is 1.92. The van der Waals surface area contributed by atoms with Gasteiger partial charge in [0, 0.05) is 12.3 Å². The smallest absolute Gasteiger partial charge is 0.391 e. The SMILES string of the molecule is CC(C)C(NC(=O)c1cn(-c2ncc(F)cc2F)c2nc(N3CC(O)CC3=O)ccc2c1=O)C(F)(F)F. The molecule has 37 heavy (non-hydrogen) atoms. The number of aromatic nitrogens is 3. The molecule has 1 fully saturated rings. The lowest BCUT2D eigenvalue weighted by Gasteiger charge is -2.25. The van der Waals surface area contributed by atoms with Crippen LogP contribution in [0.5, 0.6) is 0 Å². The van der Waals surface area contributed by atoms with Gasteiger partial charge >= 0.3 is 6.18 Å². The van der Waals surface area contributed by atoms with E-state index in [-0.39, 0.29) is 29.8 Å². The second-order valence-corrected chi connectivity index (χ2v) is 8.84. The van der Waals surface area contributed by atoms with Gasteiger partial charge in [-0.2, -0.15) is 13.2 Å². The molecule has 3 aromatic heterocycles. The molecule has 0 saturated carbocycles. The van der Waals surface area contributed by atoms with Crippen molar-refractivity contribution < 1.29 is 36.6 Å². The van der Waals surface area contributed by atoms with Crippen molar-refractivity contribution in [2.75, 3.05) is 11.4 Å². The van der Waals surface area contributed by atoms with Crippen molar-refractivity contribution in [3.63, 3.8) is 0 Å². The van der Waals surface area contributed by atoms with E-state index in [1.54, 1.807) is 5.32 Å². The Bertz CT molecular complexity index is 1460. The summed E-state index contributed by atoms with van der Waals surface area (Å²) in [7, 11) is 0. The average Bonchev–Trinajstić information content (AvgIpc) is 3.14. The van der Waals surface area contributed by atoms with Gasteiger partial charge in [0.05, 0.1) is 30.7 Å². The van der Waals surface area contributed by atoms with Gasteiger partial charge in [0.1, 0.15) is 23.2 Å². The van der Waals surface area contributed by atoms with Crippen molar-refractivity contribution in [2.24, 2.45) is 5.92 Å². The summed E-state index contributed by atoms with van der Waals surface area (Å²) in [4.78, 5) is 47.2. The Morgan fingerprint density at radius 1 is 1.22 bits per heavy atom. The quantitative estimate of drug-likeness (QED) is 0.495. The van der Waals surface area contributed by atoms with Gasteiger partial charge in [0.15, 0.2) is 17.3 Å². The second-order valence-electron chi connectivity index (χ2n) is 8.84. The first kappa shape index (κ1) is 26.1. The lowest BCUT2D eigenvalue weighted by molar-refractivity contribution is -0.162. The number of nitrogens with one attached hydrogen (secondary N) is 1. The second kappa shape index (κ2) is 9.50. The van der Waals surface area contributed by atoms with E-state index in [4.69, 9.17) is 0 Å². The molecule has 4 heterocycles. The molecule has 14 heteroatoms. The van der Waals surface area contributed by atoms with E-state index < -0.39 is 64.5 Å². The van der Waals surface area contributed by atoms with Gasteiger partial charge in [-0.15, -0.1) is 0 Å². The molecule has 2 N–H and O–H groups in total. The minimum absolute atomic E-state index is 0.0149. The van der Waals surface area contributed by atoms with Crippen molar-refractivity contribution in [3.8, 4) is 5.82 Å².